The fourth-order valence-electron chi connectivity index (χ4n) is 0.954. The Bertz CT molecular complexity index is 508. The largest absolute Gasteiger partial charge is 0.481 e. The first-order valence-corrected chi connectivity index (χ1v) is 4.24. The van der Waals surface area contributed by atoms with E-state index in [0.29, 0.717) is 0 Å². The smallest absolute Gasteiger partial charge is 0.303 e. The van der Waals surface area contributed by atoms with Crippen LogP contribution >= 0.6 is 0 Å². The van der Waals surface area contributed by atoms with E-state index < -0.39 is 4.92 Å². The average Bonchev–Trinajstić information content (AvgIpc) is 2.29. The highest BCUT2D eigenvalue weighted by atomic mass is 16.6. The number of methoxy groups -OCH3 is 1. The predicted molar refractivity (Wildman–Crippen MR) is 54.6 cm³/mol. The van der Waals surface area contributed by atoms with E-state index in [-0.39, 0.29) is 23.7 Å². The van der Waals surface area contributed by atoms with Crippen LogP contribution in [0.2, 0.25) is 0 Å². The third-order valence-electron chi connectivity index (χ3n) is 1.63. The van der Waals surface area contributed by atoms with Crippen LogP contribution in [0.3, 0.4) is 0 Å². The van der Waals surface area contributed by atoms with E-state index in [0.717, 1.165) is 0 Å². The first-order valence-electron chi connectivity index (χ1n) is 4.24. The lowest BCUT2D eigenvalue weighted by molar-refractivity contribution is -0.385. The highest BCUT2D eigenvalue weighted by Gasteiger charge is 2.14. The van der Waals surface area contributed by atoms with E-state index in [1.807, 2.05) is 6.07 Å². The van der Waals surface area contributed by atoms with Gasteiger partial charge in [0.05, 0.1) is 24.5 Å². The zero-order chi connectivity index (χ0) is 12.0. The number of pyridine rings is 1. The Morgan fingerprint density at radius 1 is 1.62 bits per heavy atom. The molecule has 16 heavy (non-hydrogen) atoms. The van der Waals surface area contributed by atoms with Gasteiger partial charge in [-0.25, -0.2) is 0 Å². The van der Waals surface area contributed by atoms with Gasteiger partial charge in [0.15, 0.2) is 5.69 Å². The van der Waals surface area contributed by atoms with E-state index in [4.69, 9.17) is 10.00 Å². The van der Waals surface area contributed by atoms with Crippen molar-refractivity contribution < 1.29 is 9.66 Å². The van der Waals surface area contributed by atoms with Gasteiger partial charge < -0.3 is 4.74 Å². The summed E-state index contributed by atoms with van der Waals surface area (Å²) in [6.07, 6.45) is -0.00392. The standard InChI is InChI=1S/C10H7N3O3/c1-16-10-6-5-9(13(14)15)8(12-10)4-2-3-7-11/h5-6H,3H2,1H3. The number of nitrogens with zero attached hydrogens (tertiary/aromatic N) is 3. The van der Waals surface area contributed by atoms with Gasteiger partial charge in [-0.05, 0) is 5.92 Å². The van der Waals surface area contributed by atoms with Crippen molar-refractivity contribution in [1.82, 2.24) is 4.98 Å². The molecule has 0 aliphatic rings. The summed E-state index contributed by atoms with van der Waals surface area (Å²) in [5, 5.41) is 18.9. The van der Waals surface area contributed by atoms with Crippen molar-refractivity contribution in [2.24, 2.45) is 0 Å². The molecule has 0 saturated heterocycles. The van der Waals surface area contributed by atoms with Crippen LogP contribution in [-0.4, -0.2) is 17.0 Å². The van der Waals surface area contributed by atoms with Gasteiger partial charge in [0, 0.05) is 12.1 Å². The van der Waals surface area contributed by atoms with Crippen molar-refractivity contribution in [3.05, 3.63) is 27.9 Å². The summed E-state index contributed by atoms with van der Waals surface area (Å²) in [6.45, 7) is 0. The molecular formula is C10H7N3O3. The molecule has 0 bridgehead atoms. The van der Waals surface area contributed by atoms with Gasteiger partial charge in [0.2, 0.25) is 5.88 Å². The lowest BCUT2D eigenvalue weighted by atomic mass is 10.3. The normalized spacial score (nSPS) is 8.50. The number of aromatic nitrogens is 1. The maximum atomic E-state index is 10.6. The molecule has 0 amide bonds. The maximum absolute atomic E-state index is 10.6. The summed E-state index contributed by atoms with van der Waals surface area (Å²) >= 11 is 0. The Kier molecular flexibility index (Phi) is 3.82. The number of ether oxygens (including phenoxy) is 1. The molecular weight excluding hydrogens is 210 g/mol. The van der Waals surface area contributed by atoms with Crippen LogP contribution in [0.25, 0.3) is 0 Å². The molecule has 0 aromatic carbocycles. The lowest BCUT2D eigenvalue weighted by Crippen LogP contribution is -1.97. The second-order valence-corrected chi connectivity index (χ2v) is 2.62. The molecule has 0 radical (unpaired) electrons. The summed E-state index contributed by atoms with van der Waals surface area (Å²) < 4.78 is 4.83. The molecule has 0 spiro atoms. The van der Waals surface area contributed by atoms with Crippen molar-refractivity contribution in [2.45, 2.75) is 6.42 Å². The number of nitriles is 1. The van der Waals surface area contributed by atoms with E-state index in [1.165, 1.54) is 19.2 Å². The summed E-state index contributed by atoms with van der Waals surface area (Å²) in [5.41, 5.74) is -0.203. The van der Waals surface area contributed by atoms with Crippen molar-refractivity contribution in [2.75, 3.05) is 7.11 Å². The molecule has 0 aliphatic carbocycles. The quantitative estimate of drug-likeness (QED) is 0.422. The molecule has 6 heteroatoms. The molecule has 0 atom stereocenters. The Labute approximate surface area is 91.6 Å². The minimum Gasteiger partial charge on any atom is -0.481 e. The summed E-state index contributed by atoms with van der Waals surface area (Å²) in [4.78, 5) is 13.9. The topological polar surface area (TPSA) is 89.0 Å². The minimum atomic E-state index is -0.581. The van der Waals surface area contributed by atoms with E-state index in [2.05, 4.69) is 16.8 Å². The average molecular weight is 217 g/mol. The molecule has 0 saturated carbocycles. The van der Waals surface area contributed by atoms with Crippen LogP contribution in [0.5, 0.6) is 5.88 Å². The molecule has 0 N–H and O–H groups in total. The van der Waals surface area contributed by atoms with Crippen molar-refractivity contribution in [3.63, 3.8) is 0 Å². The second-order valence-electron chi connectivity index (χ2n) is 2.62. The number of hydrogen-bond donors (Lipinski definition) is 0. The molecule has 1 heterocycles. The second kappa shape index (κ2) is 5.32. The van der Waals surface area contributed by atoms with Crippen LogP contribution in [-0.2, 0) is 0 Å². The van der Waals surface area contributed by atoms with Crippen LogP contribution in [0.4, 0.5) is 5.69 Å². The fourth-order valence-corrected chi connectivity index (χ4v) is 0.954. The molecule has 0 fully saturated rings. The van der Waals surface area contributed by atoms with Crippen molar-refractivity contribution >= 4 is 5.69 Å². The monoisotopic (exact) mass is 217 g/mol. The highest BCUT2D eigenvalue weighted by Crippen LogP contribution is 2.18. The first-order chi connectivity index (χ1) is 7.69. The number of hydrogen-bond acceptors (Lipinski definition) is 5. The first kappa shape index (κ1) is 11.5. The SMILES string of the molecule is COc1ccc([N+](=O)[O-])c(C#CCC#N)n1. The molecule has 0 unspecified atom stereocenters. The molecule has 1 aromatic heterocycles. The summed E-state index contributed by atoms with van der Waals surface area (Å²) in [5.74, 6) is 5.17. The summed E-state index contributed by atoms with van der Waals surface area (Å²) in [6, 6.07) is 4.46. The van der Waals surface area contributed by atoms with E-state index in [9.17, 15) is 10.1 Å². The summed E-state index contributed by atoms with van der Waals surface area (Å²) in [7, 11) is 1.40. The van der Waals surface area contributed by atoms with Gasteiger partial charge in [-0.15, -0.1) is 0 Å². The van der Waals surface area contributed by atoms with Gasteiger partial charge >= 0.3 is 5.69 Å². The molecule has 6 nitrogen and oxygen atoms in total. The van der Waals surface area contributed by atoms with Crippen LogP contribution in [0.15, 0.2) is 12.1 Å². The Morgan fingerprint density at radius 3 is 2.94 bits per heavy atom. The number of nitro groups is 1. The third kappa shape index (κ3) is 2.69. The van der Waals surface area contributed by atoms with Gasteiger partial charge in [-0.3, -0.25) is 10.1 Å². The molecule has 80 valence electrons. The Balaban J connectivity index is 3.18. The Hall–Kier alpha value is -2.60. The third-order valence-corrected chi connectivity index (χ3v) is 1.63. The number of rotatable bonds is 2. The van der Waals surface area contributed by atoms with Crippen molar-refractivity contribution in [3.8, 4) is 23.8 Å². The molecule has 1 rings (SSSR count). The Morgan fingerprint density at radius 2 is 2.38 bits per heavy atom. The zero-order valence-corrected chi connectivity index (χ0v) is 8.43. The zero-order valence-electron chi connectivity index (χ0n) is 8.43. The maximum Gasteiger partial charge on any atom is 0.303 e. The predicted octanol–water partition coefficient (Wildman–Crippen LogP) is 1.26. The lowest BCUT2D eigenvalue weighted by Gasteiger charge is -1.99. The van der Waals surface area contributed by atoms with Gasteiger partial charge in [-0.1, -0.05) is 5.92 Å². The van der Waals surface area contributed by atoms with Gasteiger partial charge in [0.25, 0.3) is 0 Å². The van der Waals surface area contributed by atoms with Gasteiger partial charge in [-0.2, -0.15) is 10.2 Å². The van der Waals surface area contributed by atoms with E-state index >= 15 is 0 Å². The minimum absolute atomic E-state index is 0.000370. The fraction of sp³-hybridized carbons (Fsp3) is 0.200. The van der Waals surface area contributed by atoms with Crippen LogP contribution < -0.4 is 4.74 Å². The van der Waals surface area contributed by atoms with Gasteiger partial charge in [0.1, 0.15) is 0 Å². The highest BCUT2D eigenvalue weighted by molar-refractivity contribution is 5.48. The van der Waals surface area contributed by atoms with Crippen LogP contribution in [0.1, 0.15) is 12.1 Å². The molecule has 1 aromatic rings. The van der Waals surface area contributed by atoms with Crippen molar-refractivity contribution in [1.29, 1.82) is 5.26 Å². The van der Waals surface area contributed by atoms with E-state index in [1.54, 1.807) is 0 Å². The van der Waals surface area contributed by atoms with Crippen LogP contribution in [0, 0.1) is 33.3 Å². The molecule has 0 aliphatic heterocycles.